The minimum atomic E-state index is 0.00746. The van der Waals surface area contributed by atoms with Gasteiger partial charge in [-0.05, 0) is 20.9 Å². The summed E-state index contributed by atoms with van der Waals surface area (Å²) in [5.74, 6) is 0.0599. The highest BCUT2D eigenvalue weighted by molar-refractivity contribution is 7.09. The monoisotopic (exact) mass is 227 g/mol. The number of nitrogens with zero attached hydrogens (tertiary/aromatic N) is 1. The fraction of sp³-hybridized carbons (Fsp3) is 0.600. The van der Waals surface area contributed by atoms with Crippen LogP contribution >= 0.6 is 11.3 Å². The molecule has 1 aromatic rings. The molecule has 0 fully saturated rings. The van der Waals surface area contributed by atoms with Crippen molar-refractivity contribution in [1.29, 1.82) is 0 Å². The van der Waals surface area contributed by atoms with E-state index in [0.29, 0.717) is 13.0 Å². The van der Waals surface area contributed by atoms with E-state index in [2.05, 4.69) is 15.6 Å². The third kappa shape index (κ3) is 3.97. The summed E-state index contributed by atoms with van der Waals surface area (Å²) in [7, 11) is 1.83. The molecule has 1 aromatic heterocycles. The largest absolute Gasteiger partial charge is 0.347 e. The van der Waals surface area contributed by atoms with Crippen molar-refractivity contribution >= 4 is 17.2 Å². The van der Waals surface area contributed by atoms with Gasteiger partial charge in [0, 0.05) is 24.0 Å². The van der Waals surface area contributed by atoms with Gasteiger partial charge in [-0.1, -0.05) is 0 Å². The number of rotatable bonds is 5. The maximum absolute atomic E-state index is 11.4. The first-order valence-electron chi connectivity index (χ1n) is 4.99. The first-order valence-corrected chi connectivity index (χ1v) is 5.87. The molecule has 1 heterocycles. The second kappa shape index (κ2) is 5.82. The van der Waals surface area contributed by atoms with Crippen LogP contribution in [0.2, 0.25) is 0 Å². The maximum Gasteiger partial charge on any atom is 0.221 e. The zero-order valence-electron chi connectivity index (χ0n) is 9.33. The summed E-state index contributed by atoms with van der Waals surface area (Å²) >= 11 is 1.58. The molecule has 0 aliphatic carbocycles. The van der Waals surface area contributed by atoms with Gasteiger partial charge in [-0.3, -0.25) is 4.79 Å². The third-order valence-corrected chi connectivity index (χ3v) is 3.13. The molecule has 2 N–H and O–H groups in total. The van der Waals surface area contributed by atoms with E-state index < -0.39 is 0 Å². The molecule has 84 valence electrons. The van der Waals surface area contributed by atoms with Gasteiger partial charge < -0.3 is 10.6 Å². The smallest absolute Gasteiger partial charge is 0.221 e. The van der Waals surface area contributed by atoms with Gasteiger partial charge in [0.25, 0.3) is 0 Å². The van der Waals surface area contributed by atoms with Crippen LogP contribution in [-0.2, 0) is 4.79 Å². The Hall–Kier alpha value is -0.940. The van der Waals surface area contributed by atoms with Crippen molar-refractivity contribution in [2.75, 3.05) is 13.6 Å². The van der Waals surface area contributed by atoms with Gasteiger partial charge in [0.15, 0.2) is 0 Å². The normalized spacial score (nSPS) is 12.5. The Bertz CT molecular complexity index is 324. The van der Waals surface area contributed by atoms with Crippen molar-refractivity contribution in [3.63, 3.8) is 0 Å². The van der Waals surface area contributed by atoms with Crippen LogP contribution in [-0.4, -0.2) is 24.5 Å². The van der Waals surface area contributed by atoms with Gasteiger partial charge in [0.05, 0.1) is 6.04 Å². The van der Waals surface area contributed by atoms with Gasteiger partial charge in [-0.25, -0.2) is 4.98 Å². The number of nitrogens with one attached hydrogen (secondary N) is 2. The molecule has 0 aliphatic rings. The predicted molar refractivity (Wildman–Crippen MR) is 62.0 cm³/mol. The number of carbonyl (C=O) groups is 1. The van der Waals surface area contributed by atoms with Crippen molar-refractivity contribution in [3.8, 4) is 0 Å². The topological polar surface area (TPSA) is 54.0 Å². The minimum Gasteiger partial charge on any atom is -0.347 e. The number of hydrogen-bond donors (Lipinski definition) is 2. The lowest BCUT2D eigenvalue weighted by atomic mass is 10.3. The molecular weight excluding hydrogens is 210 g/mol. The van der Waals surface area contributed by atoms with Gasteiger partial charge in [-0.15, -0.1) is 11.3 Å². The average molecular weight is 227 g/mol. The number of carbonyl (C=O) groups excluding carboxylic acids is 1. The molecule has 4 nitrogen and oxygen atoms in total. The Morgan fingerprint density at radius 2 is 2.40 bits per heavy atom. The second-order valence-corrected chi connectivity index (χ2v) is 4.36. The molecule has 0 saturated heterocycles. The van der Waals surface area contributed by atoms with Crippen molar-refractivity contribution in [2.24, 2.45) is 0 Å². The SMILES string of the molecule is CNCCC(=O)NC(C)c1nc(C)cs1. The van der Waals surface area contributed by atoms with Crippen molar-refractivity contribution < 1.29 is 4.79 Å². The standard InChI is InChI=1S/C10H17N3OS/c1-7-6-15-10(12-7)8(2)13-9(14)4-5-11-3/h6,8,11H,4-5H2,1-3H3,(H,13,14). The summed E-state index contributed by atoms with van der Waals surface area (Å²) in [6.45, 7) is 4.61. The van der Waals surface area contributed by atoms with Gasteiger partial charge in [0.1, 0.15) is 5.01 Å². The first-order chi connectivity index (χ1) is 7.13. The molecule has 1 rings (SSSR count). The molecule has 0 aliphatic heterocycles. The van der Waals surface area contributed by atoms with Crippen LogP contribution in [0.4, 0.5) is 0 Å². The van der Waals surface area contributed by atoms with E-state index in [0.717, 1.165) is 10.7 Å². The highest BCUT2D eigenvalue weighted by Gasteiger charge is 2.11. The van der Waals surface area contributed by atoms with E-state index in [1.165, 1.54) is 0 Å². The molecule has 1 amide bonds. The Balaban J connectivity index is 2.41. The summed E-state index contributed by atoms with van der Waals surface area (Å²) in [6.07, 6.45) is 0.505. The lowest BCUT2D eigenvalue weighted by molar-refractivity contribution is -0.121. The molecule has 1 unspecified atom stereocenters. The zero-order chi connectivity index (χ0) is 11.3. The van der Waals surface area contributed by atoms with E-state index in [1.54, 1.807) is 11.3 Å². The van der Waals surface area contributed by atoms with Crippen molar-refractivity contribution in [1.82, 2.24) is 15.6 Å². The van der Waals surface area contributed by atoms with Crippen LogP contribution in [0.25, 0.3) is 0 Å². The fourth-order valence-corrected chi connectivity index (χ4v) is 1.99. The highest BCUT2D eigenvalue weighted by atomic mass is 32.1. The van der Waals surface area contributed by atoms with Crippen LogP contribution in [0.5, 0.6) is 0 Å². The highest BCUT2D eigenvalue weighted by Crippen LogP contribution is 2.17. The van der Waals surface area contributed by atoms with E-state index >= 15 is 0 Å². The molecule has 15 heavy (non-hydrogen) atoms. The predicted octanol–water partition coefficient (Wildman–Crippen LogP) is 1.24. The van der Waals surface area contributed by atoms with Crippen LogP contribution in [0.3, 0.4) is 0 Å². The lowest BCUT2D eigenvalue weighted by Crippen LogP contribution is -2.28. The fourth-order valence-electron chi connectivity index (χ4n) is 1.18. The Morgan fingerprint density at radius 1 is 1.67 bits per heavy atom. The maximum atomic E-state index is 11.4. The number of amides is 1. The summed E-state index contributed by atoms with van der Waals surface area (Å²) in [6, 6.07) is 0.00746. The quantitative estimate of drug-likeness (QED) is 0.795. The van der Waals surface area contributed by atoms with E-state index in [1.807, 2.05) is 26.3 Å². The number of hydrogen-bond acceptors (Lipinski definition) is 4. The van der Waals surface area contributed by atoms with E-state index in [4.69, 9.17) is 0 Å². The molecule has 0 aromatic carbocycles. The first kappa shape index (κ1) is 12.1. The summed E-state index contributed by atoms with van der Waals surface area (Å²) < 4.78 is 0. The van der Waals surface area contributed by atoms with Crippen LogP contribution < -0.4 is 10.6 Å². The Kier molecular flexibility index (Phi) is 4.71. The molecular formula is C10H17N3OS. The lowest BCUT2D eigenvalue weighted by Gasteiger charge is -2.10. The molecule has 0 bridgehead atoms. The summed E-state index contributed by atoms with van der Waals surface area (Å²) in [4.78, 5) is 15.8. The van der Waals surface area contributed by atoms with Crippen molar-refractivity contribution in [3.05, 3.63) is 16.1 Å². The van der Waals surface area contributed by atoms with Crippen molar-refractivity contribution in [2.45, 2.75) is 26.3 Å². The number of aromatic nitrogens is 1. The number of aryl methyl sites for hydroxylation is 1. The molecule has 1 atom stereocenters. The van der Waals surface area contributed by atoms with Crippen LogP contribution in [0.1, 0.15) is 30.1 Å². The minimum absolute atomic E-state index is 0.00746. The average Bonchev–Trinajstić information content (AvgIpc) is 2.61. The van der Waals surface area contributed by atoms with E-state index in [-0.39, 0.29) is 11.9 Å². The molecule has 5 heteroatoms. The molecule has 0 spiro atoms. The molecule has 0 saturated carbocycles. The summed E-state index contributed by atoms with van der Waals surface area (Å²) in [5, 5.41) is 8.81. The number of thiazole rings is 1. The van der Waals surface area contributed by atoms with E-state index in [9.17, 15) is 4.79 Å². The van der Waals surface area contributed by atoms with Crippen LogP contribution in [0.15, 0.2) is 5.38 Å². The Morgan fingerprint density at radius 3 is 2.93 bits per heavy atom. The zero-order valence-corrected chi connectivity index (χ0v) is 10.1. The summed E-state index contributed by atoms with van der Waals surface area (Å²) in [5.41, 5.74) is 1.01. The van der Waals surface area contributed by atoms with Gasteiger partial charge in [-0.2, -0.15) is 0 Å². The van der Waals surface area contributed by atoms with Gasteiger partial charge >= 0.3 is 0 Å². The third-order valence-electron chi connectivity index (χ3n) is 1.99. The Labute approximate surface area is 94.1 Å². The van der Waals surface area contributed by atoms with Gasteiger partial charge in [0.2, 0.25) is 5.91 Å². The molecule has 0 radical (unpaired) electrons. The van der Waals surface area contributed by atoms with Crippen LogP contribution in [0, 0.1) is 6.92 Å². The second-order valence-electron chi connectivity index (χ2n) is 3.47.